The lowest BCUT2D eigenvalue weighted by Gasteiger charge is -2.63. The average Bonchev–Trinajstić information content (AvgIpc) is 3.03. The fraction of sp³-hybridized carbons (Fsp3) is 0.769. The van der Waals surface area contributed by atoms with Gasteiger partial charge in [0.2, 0.25) is 0 Å². The van der Waals surface area contributed by atoms with Gasteiger partial charge in [-0.15, -0.1) is 0 Å². The Balaban J connectivity index is 1.82. The standard InChI is InChI=1S/C26H36O8/c1-5-32-23(30)20-9-11-26(31)19-7-6-17-12-18(29)8-10-25(17,14-33-15(2)27)22(19)21(34-16(3)28)13-24(20,26)4/h12,19-22,31H,5-11,13-14H2,1-4H3/t19-,20+,21-,22+,24+,25-,26+/m1/s1. The van der Waals surface area contributed by atoms with Gasteiger partial charge in [0.15, 0.2) is 5.78 Å². The molecule has 3 saturated carbocycles. The molecule has 4 aliphatic rings. The maximum atomic E-state index is 12.9. The van der Waals surface area contributed by atoms with Crippen LogP contribution in [0.25, 0.3) is 0 Å². The van der Waals surface area contributed by atoms with Crippen molar-refractivity contribution in [2.75, 3.05) is 13.2 Å². The van der Waals surface area contributed by atoms with Crippen LogP contribution in [-0.2, 0) is 33.4 Å². The van der Waals surface area contributed by atoms with E-state index in [0.717, 1.165) is 5.57 Å². The molecule has 3 fully saturated rings. The number of fused-ring (bicyclic) bond motifs is 5. The molecular weight excluding hydrogens is 440 g/mol. The first-order valence-electron chi connectivity index (χ1n) is 12.4. The molecular formula is C26H36O8. The van der Waals surface area contributed by atoms with Gasteiger partial charge in [-0.25, -0.2) is 0 Å². The van der Waals surface area contributed by atoms with Crippen molar-refractivity contribution in [2.24, 2.45) is 28.6 Å². The van der Waals surface area contributed by atoms with E-state index in [1.54, 1.807) is 13.0 Å². The van der Waals surface area contributed by atoms with Crippen LogP contribution >= 0.6 is 0 Å². The summed E-state index contributed by atoms with van der Waals surface area (Å²) in [5, 5.41) is 12.3. The largest absolute Gasteiger partial charge is 0.466 e. The van der Waals surface area contributed by atoms with Crippen molar-refractivity contribution in [3.8, 4) is 0 Å². The van der Waals surface area contributed by atoms with Gasteiger partial charge in [-0.3, -0.25) is 19.2 Å². The molecule has 4 aliphatic carbocycles. The van der Waals surface area contributed by atoms with Gasteiger partial charge < -0.3 is 19.3 Å². The summed E-state index contributed by atoms with van der Waals surface area (Å²) >= 11 is 0. The first-order chi connectivity index (χ1) is 16.0. The van der Waals surface area contributed by atoms with Crippen LogP contribution in [0.1, 0.15) is 72.6 Å². The zero-order valence-corrected chi connectivity index (χ0v) is 20.6. The summed E-state index contributed by atoms with van der Waals surface area (Å²) in [7, 11) is 0. The Morgan fingerprint density at radius 2 is 1.82 bits per heavy atom. The quantitative estimate of drug-likeness (QED) is 0.476. The Kier molecular flexibility index (Phi) is 6.42. The molecule has 0 bridgehead atoms. The lowest BCUT2D eigenvalue weighted by molar-refractivity contribution is -0.235. The number of rotatable bonds is 5. The molecule has 0 spiro atoms. The van der Waals surface area contributed by atoms with E-state index in [-0.39, 0.29) is 36.8 Å². The minimum absolute atomic E-state index is 0.0403. The maximum absolute atomic E-state index is 12.9. The van der Waals surface area contributed by atoms with Crippen LogP contribution in [0.15, 0.2) is 11.6 Å². The van der Waals surface area contributed by atoms with E-state index in [9.17, 15) is 24.3 Å². The highest BCUT2D eigenvalue weighted by Crippen LogP contribution is 2.69. The van der Waals surface area contributed by atoms with Crippen molar-refractivity contribution in [3.05, 3.63) is 11.6 Å². The first kappa shape index (κ1) is 24.9. The average molecular weight is 477 g/mol. The molecule has 0 aromatic carbocycles. The second-order valence-corrected chi connectivity index (χ2v) is 10.8. The predicted octanol–water partition coefficient (Wildman–Crippen LogP) is 2.90. The molecule has 4 rings (SSSR count). The fourth-order valence-corrected chi connectivity index (χ4v) is 7.83. The van der Waals surface area contributed by atoms with Crippen LogP contribution in [-0.4, -0.2) is 53.7 Å². The van der Waals surface area contributed by atoms with Crippen LogP contribution in [0.2, 0.25) is 0 Å². The molecule has 0 amide bonds. The van der Waals surface area contributed by atoms with E-state index in [4.69, 9.17) is 14.2 Å². The molecule has 1 N–H and O–H groups in total. The summed E-state index contributed by atoms with van der Waals surface area (Å²) in [6.45, 7) is 6.73. The molecule has 0 aromatic heterocycles. The molecule has 8 heteroatoms. The summed E-state index contributed by atoms with van der Waals surface area (Å²) in [5.74, 6) is -2.24. The number of esters is 3. The van der Waals surface area contributed by atoms with Crippen molar-refractivity contribution in [2.45, 2.75) is 84.3 Å². The lowest BCUT2D eigenvalue weighted by Crippen LogP contribution is -2.67. The Morgan fingerprint density at radius 3 is 2.47 bits per heavy atom. The van der Waals surface area contributed by atoms with E-state index < -0.39 is 40.4 Å². The summed E-state index contributed by atoms with van der Waals surface area (Å²) in [6, 6.07) is 0. The Morgan fingerprint density at radius 1 is 1.09 bits per heavy atom. The molecule has 8 nitrogen and oxygen atoms in total. The van der Waals surface area contributed by atoms with Crippen LogP contribution in [0.5, 0.6) is 0 Å². The second-order valence-electron chi connectivity index (χ2n) is 10.8. The Bertz CT molecular complexity index is 924. The number of ether oxygens (including phenoxy) is 3. The van der Waals surface area contributed by atoms with E-state index >= 15 is 0 Å². The van der Waals surface area contributed by atoms with Gasteiger partial charge in [0.1, 0.15) is 12.7 Å². The molecule has 0 aromatic rings. The molecule has 0 unspecified atom stereocenters. The van der Waals surface area contributed by atoms with Crippen LogP contribution in [0, 0.1) is 28.6 Å². The van der Waals surface area contributed by atoms with Crippen LogP contribution < -0.4 is 0 Å². The van der Waals surface area contributed by atoms with Crippen molar-refractivity contribution in [1.82, 2.24) is 0 Å². The summed E-state index contributed by atoms with van der Waals surface area (Å²) in [6.07, 6.45) is 4.30. The molecule has 0 aliphatic heterocycles. The fourth-order valence-electron chi connectivity index (χ4n) is 7.83. The minimum Gasteiger partial charge on any atom is -0.466 e. The normalized spacial score (nSPS) is 40.9. The van der Waals surface area contributed by atoms with Gasteiger partial charge in [-0.2, -0.15) is 0 Å². The number of hydrogen-bond donors (Lipinski definition) is 1. The van der Waals surface area contributed by atoms with Gasteiger partial charge in [0, 0.05) is 37.0 Å². The third kappa shape index (κ3) is 3.69. The van der Waals surface area contributed by atoms with Crippen molar-refractivity contribution < 1.29 is 38.5 Å². The number of carbonyl (C=O) groups excluding carboxylic acids is 4. The van der Waals surface area contributed by atoms with Gasteiger partial charge >= 0.3 is 17.9 Å². The van der Waals surface area contributed by atoms with Gasteiger partial charge in [-0.05, 0) is 57.4 Å². The topological polar surface area (TPSA) is 116 Å². The molecule has 7 atom stereocenters. The smallest absolute Gasteiger partial charge is 0.309 e. The highest BCUT2D eigenvalue weighted by molar-refractivity contribution is 5.91. The number of carbonyl (C=O) groups is 4. The second kappa shape index (κ2) is 8.77. The third-order valence-corrected chi connectivity index (χ3v) is 9.22. The zero-order chi connectivity index (χ0) is 24.9. The summed E-state index contributed by atoms with van der Waals surface area (Å²) in [5.41, 5.74) is -1.77. The van der Waals surface area contributed by atoms with Gasteiger partial charge in [0.05, 0.1) is 18.1 Å². The van der Waals surface area contributed by atoms with E-state index in [0.29, 0.717) is 44.9 Å². The molecule has 0 heterocycles. The predicted molar refractivity (Wildman–Crippen MR) is 120 cm³/mol. The molecule has 188 valence electrons. The molecule has 34 heavy (non-hydrogen) atoms. The highest BCUT2D eigenvalue weighted by Gasteiger charge is 2.72. The maximum Gasteiger partial charge on any atom is 0.309 e. The number of aliphatic hydroxyl groups is 1. The van der Waals surface area contributed by atoms with Crippen molar-refractivity contribution >= 4 is 23.7 Å². The number of ketones is 1. The zero-order valence-electron chi connectivity index (χ0n) is 20.6. The minimum atomic E-state index is -1.16. The van der Waals surface area contributed by atoms with Gasteiger partial charge in [-0.1, -0.05) is 12.5 Å². The first-order valence-corrected chi connectivity index (χ1v) is 12.4. The van der Waals surface area contributed by atoms with Crippen LogP contribution in [0.3, 0.4) is 0 Å². The van der Waals surface area contributed by atoms with Crippen molar-refractivity contribution in [3.63, 3.8) is 0 Å². The monoisotopic (exact) mass is 476 g/mol. The lowest BCUT2D eigenvalue weighted by atomic mass is 9.44. The van der Waals surface area contributed by atoms with E-state index in [2.05, 4.69) is 0 Å². The molecule has 0 saturated heterocycles. The van der Waals surface area contributed by atoms with Crippen LogP contribution in [0.4, 0.5) is 0 Å². The summed E-state index contributed by atoms with van der Waals surface area (Å²) in [4.78, 5) is 49.3. The van der Waals surface area contributed by atoms with E-state index in [1.165, 1.54) is 13.8 Å². The summed E-state index contributed by atoms with van der Waals surface area (Å²) < 4.78 is 16.8. The van der Waals surface area contributed by atoms with E-state index in [1.807, 2.05) is 6.92 Å². The Hall–Kier alpha value is -2.22. The molecule has 0 radical (unpaired) electrons. The third-order valence-electron chi connectivity index (χ3n) is 9.22. The highest BCUT2D eigenvalue weighted by atomic mass is 16.5. The van der Waals surface area contributed by atoms with Crippen molar-refractivity contribution in [1.29, 1.82) is 0 Å². The number of hydrogen-bond acceptors (Lipinski definition) is 8. The Labute approximate surface area is 200 Å². The SMILES string of the molecule is CCOC(=O)[C@@H]1CC[C@]2(O)[C@@H]3CCC4=CC(=O)CC[C@]4(COC(C)=O)[C@@H]3[C@H](OC(C)=O)C[C@@]12C. The van der Waals surface area contributed by atoms with Gasteiger partial charge in [0.25, 0.3) is 0 Å².